The van der Waals surface area contributed by atoms with Crippen molar-refractivity contribution < 1.29 is 9.90 Å². The maximum absolute atomic E-state index is 10.8. The Balaban J connectivity index is 3.35. The lowest BCUT2D eigenvalue weighted by Crippen LogP contribution is -2.22. The van der Waals surface area contributed by atoms with Gasteiger partial charge in [0.1, 0.15) is 6.04 Å². The van der Waals surface area contributed by atoms with E-state index < -0.39 is 12.0 Å². The fourth-order valence-corrected chi connectivity index (χ4v) is 1.73. The Bertz CT molecular complexity index is 354. The van der Waals surface area contributed by atoms with Crippen LogP contribution in [-0.2, 0) is 11.8 Å². The third-order valence-corrected chi connectivity index (χ3v) is 2.92. The fourth-order valence-electron chi connectivity index (χ4n) is 1.73. The highest BCUT2D eigenvalue weighted by atomic mass is 16.4. The van der Waals surface area contributed by atoms with Crippen molar-refractivity contribution in [2.24, 2.45) is 12.8 Å². The van der Waals surface area contributed by atoms with E-state index in [1.807, 2.05) is 32.4 Å². The molecule has 0 aliphatic heterocycles. The predicted molar refractivity (Wildman–Crippen MR) is 54.2 cm³/mol. The van der Waals surface area contributed by atoms with Crippen molar-refractivity contribution in [2.75, 3.05) is 0 Å². The average molecular weight is 196 g/mol. The number of hydrogen-bond acceptors (Lipinski definition) is 2. The lowest BCUT2D eigenvalue weighted by molar-refractivity contribution is -0.138. The SMILES string of the molecule is Cc1c(C(N)C(=O)O)c(C)n(C)c1C. The van der Waals surface area contributed by atoms with Gasteiger partial charge in [-0.05, 0) is 26.3 Å². The summed E-state index contributed by atoms with van der Waals surface area (Å²) in [6.45, 7) is 5.75. The van der Waals surface area contributed by atoms with Crippen LogP contribution in [0.1, 0.15) is 28.6 Å². The maximum Gasteiger partial charge on any atom is 0.325 e. The van der Waals surface area contributed by atoms with Gasteiger partial charge in [-0.25, -0.2) is 0 Å². The number of carboxylic acid groups (broad SMARTS) is 1. The van der Waals surface area contributed by atoms with Gasteiger partial charge in [-0.3, -0.25) is 4.79 Å². The van der Waals surface area contributed by atoms with Gasteiger partial charge in [0.25, 0.3) is 0 Å². The number of rotatable bonds is 2. The Morgan fingerprint density at radius 3 is 2.14 bits per heavy atom. The number of carbonyl (C=O) groups is 1. The molecule has 0 bridgehead atoms. The highest BCUT2D eigenvalue weighted by Crippen LogP contribution is 2.25. The zero-order valence-electron chi connectivity index (χ0n) is 8.96. The highest BCUT2D eigenvalue weighted by Gasteiger charge is 2.22. The van der Waals surface area contributed by atoms with Crippen LogP contribution in [0.2, 0.25) is 0 Å². The summed E-state index contributed by atoms with van der Waals surface area (Å²) in [6.07, 6.45) is 0. The third-order valence-electron chi connectivity index (χ3n) is 2.92. The number of hydrogen-bond donors (Lipinski definition) is 2. The van der Waals surface area contributed by atoms with Crippen LogP contribution in [0.5, 0.6) is 0 Å². The Labute approximate surface area is 83.3 Å². The molecule has 3 N–H and O–H groups in total. The van der Waals surface area contributed by atoms with Crippen molar-refractivity contribution in [2.45, 2.75) is 26.8 Å². The summed E-state index contributed by atoms with van der Waals surface area (Å²) >= 11 is 0. The molecule has 0 amide bonds. The fraction of sp³-hybridized carbons (Fsp3) is 0.500. The zero-order chi connectivity index (χ0) is 11.0. The lowest BCUT2D eigenvalue weighted by Gasteiger charge is -2.07. The van der Waals surface area contributed by atoms with Crippen molar-refractivity contribution in [1.82, 2.24) is 4.57 Å². The molecule has 1 aromatic rings. The first kappa shape index (κ1) is 10.8. The second kappa shape index (κ2) is 3.46. The number of nitrogens with two attached hydrogens (primary N) is 1. The van der Waals surface area contributed by atoms with Crippen molar-refractivity contribution >= 4 is 5.97 Å². The molecule has 0 fully saturated rings. The molecule has 0 spiro atoms. The van der Waals surface area contributed by atoms with Crippen LogP contribution in [0.3, 0.4) is 0 Å². The van der Waals surface area contributed by atoms with Crippen molar-refractivity contribution in [3.05, 3.63) is 22.5 Å². The molecule has 0 aliphatic carbocycles. The molecule has 14 heavy (non-hydrogen) atoms. The molecular formula is C10H16N2O2. The maximum atomic E-state index is 10.8. The summed E-state index contributed by atoms with van der Waals surface area (Å²) in [5.41, 5.74) is 9.30. The second-order valence-electron chi connectivity index (χ2n) is 3.58. The molecule has 1 heterocycles. The zero-order valence-corrected chi connectivity index (χ0v) is 8.96. The molecule has 1 atom stereocenters. The number of aromatic nitrogens is 1. The first-order chi connectivity index (χ1) is 6.37. The van der Waals surface area contributed by atoms with E-state index in [2.05, 4.69) is 0 Å². The molecule has 0 saturated carbocycles. The van der Waals surface area contributed by atoms with Gasteiger partial charge in [0.05, 0.1) is 0 Å². The van der Waals surface area contributed by atoms with E-state index in [1.54, 1.807) is 0 Å². The molecule has 4 nitrogen and oxygen atoms in total. The normalized spacial score (nSPS) is 12.9. The summed E-state index contributed by atoms with van der Waals surface area (Å²) in [6, 6.07) is -0.921. The van der Waals surface area contributed by atoms with Gasteiger partial charge in [-0.2, -0.15) is 0 Å². The van der Waals surface area contributed by atoms with Crippen LogP contribution in [0.4, 0.5) is 0 Å². The molecule has 78 valence electrons. The van der Waals surface area contributed by atoms with Gasteiger partial charge >= 0.3 is 5.97 Å². The van der Waals surface area contributed by atoms with Crippen LogP contribution < -0.4 is 5.73 Å². The summed E-state index contributed by atoms with van der Waals surface area (Å²) < 4.78 is 1.97. The second-order valence-corrected chi connectivity index (χ2v) is 3.58. The number of carboxylic acids is 1. The van der Waals surface area contributed by atoms with Gasteiger partial charge in [0.2, 0.25) is 0 Å². The minimum atomic E-state index is -0.984. The Morgan fingerprint density at radius 2 is 1.86 bits per heavy atom. The van der Waals surface area contributed by atoms with E-state index in [1.165, 1.54) is 0 Å². The van der Waals surface area contributed by atoms with Gasteiger partial charge in [-0.1, -0.05) is 0 Å². The molecule has 0 aliphatic rings. The standard InChI is InChI=1S/C10H16N2O2/c1-5-6(2)12(4)7(3)8(5)9(11)10(13)14/h9H,11H2,1-4H3,(H,13,14). The predicted octanol–water partition coefficient (Wildman–Crippen LogP) is 1.03. The minimum Gasteiger partial charge on any atom is -0.480 e. The molecule has 1 unspecified atom stereocenters. The topological polar surface area (TPSA) is 68.2 Å². The average Bonchev–Trinajstić information content (AvgIpc) is 2.30. The molecule has 1 aromatic heterocycles. The molecule has 0 aromatic carbocycles. The Kier molecular flexibility index (Phi) is 2.66. The van der Waals surface area contributed by atoms with Crippen LogP contribution in [0.15, 0.2) is 0 Å². The number of nitrogens with zero attached hydrogens (tertiary/aromatic N) is 1. The Morgan fingerprint density at radius 1 is 1.36 bits per heavy atom. The van der Waals surface area contributed by atoms with Crippen LogP contribution in [0.25, 0.3) is 0 Å². The van der Waals surface area contributed by atoms with E-state index >= 15 is 0 Å². The summed E-state index contributed by atoms with van der Waals surface area (Å²) in [5, 5.41) is 8.85. The summed E-state index contributed by atoms with van der Waals surface area (Å²) in [5.74, 6) is -0.984. The van der Waals surface area contributed by atoms with Crippen LogP contribution >= 0.6 is 0 Å². The van der Waals surface area contributed by atoms with E-state index in [-0.39, 0.29) is 0 Å². The highest BCUT2D eigenvalue weighted by molar-refractivity contribution is 5.76. The molecule has 4 heteroatoms. The molecule has 0 saturated heterocycles. The molecule has 1 rings (SSSR count). The van der Waals surface area contributed by atoms with Gasteiger partial charge < -0.3 is 15.4 Å². The minimum absolute atomic E-state index is 0.734. The van der Waals surface area contributed by atoms with E-state index in [4.69, 9.17) is 10.8 Å². The first-order valence-electron chi connectivity index (χ1n) is 4.48. The lowest BCUT2D eigenvalue weighted by atomic mass is 10.0. The molecular weight excluding hydrogens is 180 g/mol. The van der Waals surface area contributed by atoms with Crippen LogP contribution in [0, 0.1) is 20.8 Å². The van der Waals surface area contributed by atoms with Crippen LogP contribution in [-0.4, -0.2) is 15.6 Å². The van der Waals surface area contributed by atoms with Gasteiger partial charge in [-0.15, -0.1) is 0 Å². The largest absolute Gasteiger partial charge is 0.480 e. The van der Waals surface area contributed by atoms with E-state index in [9.17, 15) is 4.79 Å². The summed E-state index contributed by atoms with van der Waals surface area (Å²) in [7, 11) is 1.91. The smallest absolute Gasteiger partial charge is 0.325 e. The van der Waals surface area contributed by atoms with E-state index in [0.717, 1.165) is 22.5 Å². The quantitative estimate of drug-likeness (QED) is 0.742. The van der Waals surface area contributed by atoms with Crippen molar-refractivity contribution in [3.63, 3.8) is 0 Å². The van der Waals surface area contributed by atoms with Gasteiger partial charge in [0, 0.05) is 24.0 Å². The van der Waals surface area contributed by atoms with Gasteiger partial charge in [0.15, 0.2) is 0 Å². The molecule has 0 radical (unpaired) electrons. The summed E-state index contributed by atoms with van der Waals surface area (Å²) in [4.78, 5) is 10.8. The number of aliphatic carboxylic acids is 1. The van der Waals surface area contributed by atoms with Crippen molar-refractivity contribution in [3.8, 4) is 0 Å². The monoisotopic (exact) mass is 196 g/mol. The van der Waals surface area contributed by atoms with Crippen molar-refractivity contribution in [1.29, 1.82) is 0 Å². The Hall–Kier alpha value is -1.29. The third kappa shape index (κ3) is 1.42. The van der Waals surface area contributed by atoms with E-state index in [0.29, 0.717) is 0 Å². The first-order valence-corrected chi connectivity index (χ1v) is 4.48.